The molecule has 1 heterocycles. The van der Waals surface area contributed by atoms with Crippen LogP contribution in [0.15, 0.2) is 28.2 Å². The minimum absolute atomic E-state index is 0.126. The summed E-state index contributed by atoms with van der Waals surface area (Å²) < 4.78 is 0. The number of aliphatic imine (C=N–C) groups is 2. The summed E-state index contributed by atoms with van der Waals surface area (Å²) in [7, 11) is 0. The fourth-order valence-electron chi connectivity index (χ4n) is 2.78. The number of benzene rings is 1. The van der Waals surface area contributed by atoms with E-state index < -0.39 is 0 Å². The van der Waals surface area contributed by atoms with Crippen LogP contribution in [0.1, 0.15) is 33.3 Å². The Balaban J connectivity index is 2.56. The molecule has 0 aromatic heterocycles. The molecule has 23 heavy (non-hydrogen) atoms. The summed E-state index contributed by atoms with van der Waals surface area (Å²) in [5.41, 5.74) is 14.0. The van der Waals surface area contributed by atoms with Gasteiger partial charge in [-0.15, -0.1) is 0 Å². The smallest absolute Gasteiger partial charge is 0.222 e. The molecule has 1 aliphatic rings. The Hall–Kier alpha value is -1.95. The molecule has 1 aromatic rings. The van der Waals surface area contributed by atoms with E-state index in [2.05, 4.69) is 42.6 Å². The third kappa shape index (κ3) is 3.37. The van der Waals surface area contributed by atoms with E-state index in [-0.39, 0.29) is 24.3 Å². The highest BCUT2D eigenvalue weighted by Crippen LogP contribution is 2.31. The lowest BCUT2D eigenvalue weighted by Gasteiger charge is -2.44. The van der Waals surface area contributed by atoms with Gasteiger partial charge in [0, 0.05) is 22.8 Å². The van der Waals surface area contributed by atoms with Crippen molar-refractivity contribution in [3.63, 3.8) is 0 Å². The molecule has 126 valence electrons. The van der Waals surface area contributed by atoms with Crippen molar-refractivity contribution < 1.29 is 0 Å². The van der Waals surface area contributed by atoms with Crippen LogP contribution >= 0.6 is 11.6 Å². The molecular weight excluding hydrogens is 312 g/mol. The summed E-state index contributed by atoms with van der Waals surface area (Å²) in [6.07, 6.45) is -0.357. The Bertz CT molecular complexity index is 637. The molecule has 0 aliphatic carbocycles. The number of nitrogens with two attached hydrogens (primary N) is 2. The van der Waals surface area contributed by atoms with E-state index in [0.717, 1.165) is 16.3 Å². The standard InChI is InChI=1S/C16H25ClN6/c1-9(2)22(13-8-6-7-12(17)11(13)5)16-21-14(18)20-15(19)23(16)10(3)4/h6-10,16H,1-5H3,(H4,18,19,20,21). The molecule has 0 amide bonds. The maximum absolute atomic E-state index is 6.31. The molecule has 0 saturated heterocycles. The lowest BCUT2D eigenvalue weighted by molar-refractivity contribution is 0.243. The first kappa shape index (κ1) is 17.4. The predicted octanol–water partition coefficient (Wildman–Crippen LogP) is 2.50. The van der Waals surface area contributed by atoms with Gasteiger partial charge in [0.15, 0.2) is 0 Å². The van der Waals surface area contributed by atoms with E-state index in [1.807, 2.05) is 30.0 Å². The Morgan fingerprint density at radius 3 is 2.43 bits per heavy atom. The highest BCUT2D eigenvalue weighted by atomic mass is 35.5. The molecule has 7 heteroatoms. The Labute approximate surface area is 142 Å². The zero-order valence-electron chi connectivity index (χ0n) is 14.3. The molecule has 4 N–H and O–H groups in total. The van der Waals surface area contributed by atoms with Crippen molar-refractivity contribution in [2.24, 2.45) is 21.5 Å². The number of anilines is 1. The van der Waals surface area contributed by atoms with E-state index >= 15 is 0 Å². The van der Waals surface area contributed by atoms with Gasteiger partial charge < -0.3 is 21.3 Å². The summed E-state index contributed by atoms with van der Waals surface area (Å²) >= 11 is 6.31. The quantitative estimate of drug-likeness (QED) is 0.884. The number of hydrogen-bond donors (Lipinski definition) is 2. The maximum atomic E-state index is 6.31. The van der Waals surface area contributed by atoms with Crippen molar-refractivity contribution in [2.45, 2.75) is 53.0 Å². The highest BCUT2D eigenvalue weighted by Gasteiger charge is 2.34. The van der Waals surface area contributed by atoms with Crippen LogP contribution in [0.2, 0.25) is 5.02 Å². The number of nitrogens with zero attached hydrogens (tertiary/aromatic N) is 4. The Kier molecular flexibility index (Phi) is 5.04. The molecular formula is C16H25ClN6. The lowest BCUT2D eigenvalue weighted by Crippen LogP contribution is -2.59. The number of guanidine groups is 2. The molecule has 0 saturated carbocycles. The monoisotopic (exact) mass is 336 g/mol. The molecule has 1 aromatic carbocycles. The molecule has 0 radical (unpaired) electrons. The van der Waals surface area contributed by atoms with Crippen LogP contribution < -0.4 is 16.4 Å². The zero-order chi connectivity index (χ0) is 17.3. The van der Waals surface area contributed by atoms with Gasteiger partial charge in [-0.05, 0) is 52.3 Å². The third-order valence-electron chi connectivity index (χ3n) is 3.87. The minimum Gasteiger partial charge on any atom is -0.369 e. The van der Waals surface area contributed by atoms with E-state index in [1.54, 1.807) is 0 Å². The van der Waals surface area contributed by atoms with Gasteiger partial charge in [-0.2, -0.15) is 4.99 Å². The highest BCUT2D eigenvalue weighted by molar-refractivity contribution is 6.31. The predicted molar refractivity (Wildman–Crippen MR) is 97.8 cm³/mol. The summed E-state index contributed by atoms with van der Waals surface area (Å²) in [5, 5.41) is 0.721. The van der Waals surface area contributed by atoms with Crippen LogP contribution in [0.25, 0.3) is 0 Å². The molecule has 0 fully saturated rings. The van der Waals surface area contributed by atoms with Crippen LogP contribution in [-0.2, 0) is 0 Å². The fourth-order valence-corrected chi connectivity index (χ4v) is 2.94. The number of rotatable bonds is 4. The van der Waals surface area contributed by atoms with Crippen molar-refractivity contribution >= 4 is 29.2 Å². The van der Waals surface area contributed by atoms with Gasteiger partial charge in [-0.1, -0.05) is 17.7 Å². The van der Waals surface area contributed by atoms with Crippen LogP contribution in [0.3, 0.4) is 0 Å². The maximum Gasteiger partial charge on any atom is 0.222 e. The van der Waals surface area contributed by atoms with Crippen molar-refractivity contribution in [3.8, 4) is 0 Å². The third-order valence-corrected chi connectivity index (χ3v) is 4.28. The topological polar surface area (TPSA) is 83.2 Å². The molecule has 0 bridgehead atoms. The van der Waals surface area contributed by atoms with Crippen molar-refractivity contribution in [3.05, 3.63) is 28.8 Å². The molecule has 6 nitrogen and oxygen atoms in total. The van der Waals surface area contributed by atoms with Crippen LogP contribution in [0.5, 0.6) is 0 Å². The fraction of sp³-hybridized carbons (Fsp3) is 0.500. The second-order valence-corrected chi connectivity index (χ2v) is 6.60. The van der Waals surface area contributed by atoms with Crippen molar-refractivity contribution in [2.75, 3.05) is 4.90 Å². The Morgan fingerprint density at radius 2 is 1.87 bits per heavy atom. The first-order chi connectivity index (χ1) is 10.7. The number of hydrogen-bond acceptors (Lipinski definition) is 6. The van der Waals surface area contributed by atoms with Gasteiger partial charge in [0.05, 0.1) is 0 Å². The van der Waals surface area contributed by atoms with Crippen molar-refractivity contribution in [1.82, 2.24) is 4.90 Å². The van der Waals surface area contributed by atoms with E-state index in [0.29, 0.717) is 5.96 Å². The SMILES string of the molecule is Cc1c(Cl)cccc1N(C(C)C)C1N=C(N)N=C(N)N1C(C)C. The zero-order valence-corrected chi connectivity index (χ0v) is 15.0. The summed E-state index contributed by atoms with van der Waals surface area (Å²) in [6, 6.07) is 6.15. The normalized spacial score (nSPS) is 18.3. The largest absolute Gasteiger partial charge is 0.369 e. The summed E-state index contributed by atoms with van der Waals surface area (Å²) in [6.45, 7) is 10.3. The second kappa shape index (κ2) is 6.66. The second-order valence-electron chi connectivity index (χ2n) is 6.19. The van der Waals surface area contributed by atoms with Crippen LogP contribution in [0, 0.1) is 6.92 Å². The van der Waals surface area contributed by atoms with Gasteiger partial charge in [0.1, 0.15) is 0 Å². The molecule has 1 unspecified atom stereocenters. The minimum atomic E-state index is -0.357. The van der Waals surface area contributed by atoms with Gasteiger partial charge in [0.25, 0.3) is 0 Å². The lowest BCUT2D eigenvalue weighted by atomic mass is 10.1. The van der Waals surface area contributed by atoms with Crippen molar-refractivity contribution in [1.29, 1.82) is 0 Å². The summed E-state index contributed by atoms with van der Waals surface area (Å²) in [4.78, 5) is 12.8. The average molecular weight is 337 g/mol. The van der Waals surface area contributed by atoms with Gasteiger partial charge >= 0.3 is 0 Å². The van der Waals surface area contributed by atoms with E-state index in [4.69, 9.17) is 23.1 Å². The molecule has 1 aliphatic heterocycles. The first-order valence-corrected chi connectivity index (χ1v) is 8.11. The van der Waals surface area contributed by atoms with Gasteiger partial charge in [0.2, 0.25) is 18.2 Å². The molecule has 2 rings (SSSR count). The molecule has 0 spiro atoms. The van der Waals surface area contributed by atoms with Crippen LogP contribution in [0.4, 0.5) is 5.69 Å². The average Bonchev–Trinajstić information content (AvgIpc) is 2.42. The Morgan fingerprint density at radius 1 is 1.22 bits per heavy atom. The van der Waals surface area contributed by atoms with E-state index in [9.17, 15) is 0 Å². The molecule has 1 atom stereocenters. The van der Waals surface area contributed by atoms with Gasteiger partial charge in [-0.3, -0.25) is 0 Å². The van der Waals surface area contributed by atoms with Crippen LogP contribution in [-0.4, -0.2) is 35.2 Å². The van der Waals surface area contributed by atoms with Gasteiger partial charge in [-0.25, -0.2) is 4.99 Å². The van der Waals surface area contributed by atoms with E-state index in [1.165, 1.54) is 0 Å². The first-order valence-electron chi connectivity index (χ1n) is 7.73. The number of halogens is 1. The summed E-state index contributed by atoms with van der Waals surface area (Å²) in [5.74, 6) is 0.567.